The molecule has 0 atom stereocenters. The molecule has 0 unspecified atom stereocenters. The summed E-state index contributed by atoms with van der Waals surface area (Å²) in [6, 6.07) is 0. The smallest absolute Gasteiger partial charge is 0.357 e. The van der Waals surface area contributed by atoms with E-state index in [-0.39, 0.29) is 36.1 Å². The Morgan fingerprint density at radius 1 is 1.30 bits per heavy atom. The number of halogens is 4. The molecule has 2 rings (SSSR count). The fourth-order valence-electron chi connectivity index (χ4n) is 2.31. The van der Waals surface area contributed by atoms with Crippen LogP contribution in [-0.4, -0.2) is 33.8 Å². The monoisotopic (exact) mass is 516 g/mol. The molecule has 0 radical (unpaired) electrons. The van der Waals surface area contributed by atoms with Crippen molar-refractivity contribution < 1.29 is 13.2 Å². The summed E-state index contributed by atoms with van der Waals surface area (Å²) in [5, 5.41) is 10.7. The summed E-state index contributed by atoms with van der Waals surface area (Å²) in [5.74, 6) is 0.469. The number of guanidine groups is 1. The molecule has 27 heavy (non-hydrogen) atoms. The van der Waals surface area contributed by atoms with Crippen molar-refractivity contribution in [2.24, 2.45) is 12.0 Å². The number of nitrogens with one attached hydrogen (secondary N) is 2. The summed E-state index contributed by atoms with van der Waals surface area (Å²) in [4.78, 5) is 9.83. The predicted octanol–water partition coefficient (Wildman–Crippen LogP) is 3.37. The minimum absolute atomic E-state index is 0. The van der Waals surface area contributed by atoms with Crippen molar-refractivity contribution in [1.29, 1.82) is 0 Å². The van der Waals surface area contributed by atoms with Crippen LogP contribution in [0.25, 0.3) is 0 Å². The fraction of sp³-hybridized carbons (Fsp3) is 0.562. The third kappa shape index (κ3) is 7.28. The summed E-state index contributed by atoms with van der Waals surface area (Å²) in [6.07, 6.45) is 0.426. The largest absolute Gasteiger partial charge is 0.435 e. The zero-order valence-electron chi connectivity index (χ0n) is 15.4. The van der Waals surface area contributed by atoms with Gasteiger partial charge >= 0.3 is 6.18 Å². The van der Waals surface area contributed by atoms with E-state index in [4.69, 9.17) is 0 Å². The van der Waals surface area contributed by atoms with Crippen LogP contribution in [0, 0.1) is 0 Å². The number of alkyl halides is 3. The highest BCUT2D eigenvalue weighted by Gasteiger charge is 2.36. The van der Waals surface area contributed by atoms with Crippen molar-refractivity contribution in [1.82, 2.24) is 25.4 Å². The average Bonchev–Trinajstić information content (AvgIpc) is 3.18. The lowest BCUT2D eigenvalue weighted by Gasteiger charge is -2.11. The van der Waals surface area contributed by atoms with E-state index >= 15 is 0 Å². The van der Waals surface area contributed by atoms with Crippen LogP contribution in [0.15, 0.2) is 17.4 Å². The van der Waals surface area contributed by atoms with E-state index in [0.29, 0.717) is 19.0 Å². The van der Waals surface area contributed by atoms with Crippen molar-refractivity contribution in [2.45, 2.75) is 39.4 Å². The first-order valence-corrected chi connectivity index (χ1v) is 9.20. The molecule has 6 nitrogen and oxygen atoms in total. The summed E-state index contributed by atoms with van der Waals surface area (Å²) in [5.41, 5.74) is -0.848. The number of rotatable bonds is 7. The van der Waals surface area contributed by atoms with Gasteiger partial charge in [-0.2, -0.15) is 18.3 Å². The lowest BCUT2D eigenvalue weighted by molar-refractivity contribution is -0.142. The summed E-state index contributed by atoms with van der Waals surface area (Å²) in [7, 11) is 1.46. The minimum atomic E-state index is -4.49. The number of nitrogens with zero attached hydrogens (tertiary/aromatic N) is 4. The summed E-state index contributed by atoms with van der Waals surface area (Å²) in [6.45, 7) is 5.09. The molecule has 2 heterocycles. The van der Waals surface area contributed by atoms with Crippen LogP contribution in [0.4, 0.5) is 13.2 Å². The molecule has 11 heteroatoms. The summed E-state index contributed by atoms with van der Waals surface area (Å²) >= 11 is 1.67. The van der Waals surface area contributed by atoms with Gasteiger partial charge in [-0.25, -0.2) is 9.98 Å². The van der Waals surface area contributed by atoms with Crippen molar-refractivity contribution in [3.8, 4) is 0 Å². The van der Waals surface area contributed by atoms with E-state index in [1.807, 2.05) is 13.1 Å². The Morgan fingerprint density at radius 3 is 2.63 bits per heavy atom. The molecule has 0 saturated heterocycles. The van der Waals surface area contributed by atoms with Crippen LogP contribution >= 0.6 is 35.3 Å². The van der Waals surface area contributed by atoms with E-state index in [1.54, 1.807) is 11.3 Å². The van der Waals surface area contributed by atoms with Gasteiger partial charge in [-0.05, 0) is 13.3 Å². The third-order valence-corrected chi connectivity index (χ3v) is 4.71. The Balaban J connectivity index is 0.00000364. The van der Waals surface area contributed by atoms with Crippen molar-refractivity contribution in [3.63, 3.8) is 0 Å². The Morgan fingerprint density at radius 2 is 2.04 bits per heavy atom. The maximum atomic E-state index is 13.0. The number of hydrogen-bond donors (Lipinski definition) is 2. The van der Waals surface area contributed by atoms with Gasteiger partial charge in [0.05, 0.1) is 11.6 Å². The fourth-order valence-corrected chi connectivity index (χ4v) is 3.17. The van der Waals surface area contributed by atoms with Gasteiger partial charge in [0.2, 0.25) is 0 Å². The van der Waals surface area contributed by atoms with Crippen LogP contribution in [0.3, 0.4) is 0 Å². The first kappa shape index (κ1) is 23.7. The van der Waals surface area contributed by atoms with E-state index < -0.39 is 11.9 Å². The average molecular weight is 516 g/mol. The summed E-state index contributed by atoms with van der Waals surface area (Å²) < 4.78 is 40.1. The van der Waals surface area contributed by atoms with E-state index in [1.165, 1.54) is 18.1 Å². The van der Waals surface area contributed by atoms with Crippen molar-refractivity contribution in [2.75, 3.05) is 13.1 Å². The zero-order chi connectivity index (χ0) is 19.2. The quantitative estimate of drug-likeness (QED) is 0.337. The zero-order valence-corrected chi connectivity index (χ0v) is 18.6. The molecule has 2 aromatic rings. The third-order valence-electron chi connectivity index (χ3n) is 3.51. The van der Waals surface area contributed by atoms with Gasteiger partial charge in [0.25, 0.3) is 0 Å². The molecule has 0 amide bonds. The molecular weight excluding hydrogens is 492 g/mol. The van der Waals surface area contributed by atoms with Gasteiger partial charge < -0.3 is 10.6 Å². The molecule has 2 N–H and O–H groups in total. The molecule has 0 saturated carbocycles. The first-order chi connectivity index (χ1) is 12.3. The highest BCUT2D eigenvalue weighted by Crippen LogP contribution is 2.30. The highest BCUT2D eigenvalue weighted by molar-refractivity contribution is 14.0. The molecule has 2 aromatic heterocycles. The second-order valence-corrected chi connectivity index (χ2v) is 6.82. The number of hydrogen-bond acceptors (Lipinski definition) is 4. The first-order valence-electron chi connectivity index (χ1n) is 8.39. The van der Waals surface area contributed by atoms with Crippen LogP contribution in [-0.2, 0) is 32.6 Å². The lowest BCUT2D eigenvalue weighted by atomic mass is 10.2. The van der Waals surface area contributed by atoms with Crippen LogP contribution < -0.4 is 10.6 Å². The Labute approximate surface area is 177 Å². The molecule has 0 fully saturated rings. The van der Waals surface area contributed by atoms with Gasteiger partial charge in [-0.3, -0.25) is 4.68 Å². The van der Waals surface area contributed by atoms with Crippen LogP contribution in [0.5, 0.6) is 0 Å². The maximum absolute atomic E-state index is 13.0. The topological polar surface area (TPSA) is 67.1 Å². The Kier molecular flexibility index (Phi) is 9.50. The number of aliphatic imine (C=N–C) groups is 1. The normalized spacial score (nSPS) is 12.0. The number of aryl methyl sites for hydroxylation is 2. The van der Waals surface area contributed by atoms with Gasteiger partial charge in [0.1, 0.15) is 0 Å². The molecule has 0 aliphatic carbocycles. The molecule has 152 valence electrons. The minimum Gasteiger partial charge on any atom is -0.357 e. The standard InChI is InChI=1S/C16H23F3N6S.HI/c1-4-12-9-22-13(26-12)6-7-21-15(20-5-2)23-8-11-10-25(3)24-14(11)16(17,18)19;/h9-10H,4-8H2,1-3H3,(H2,20,21,23);1H. The second kappa shape index (κ2) is 10.8. The number of aromatic nitrogens is 3. The van der Waals surface area contributed by atoms with E-state index in [9.17, 15) is 13.2 Å². The van der Waals surface area contributed by atoms with Gasteiger partial charge in [-0.1, -0.05) is 6.92 Å². The molecule has 0 aromatic carbocycles. The molecule has 0 aliphatic rings. The SMILES string of the molecule is CCNC(=NCc1cn(C)nc1C(F)(F)F)NCCc1ncc(CC)s1.I. The van der Waals surface area contributed by atoms with E-state index in [0.717, 1.165) is 22.5 Å². The van der Waals surface area contributed by atoms with Gasteiger partial charge in [0.15, 0.2) is 11.7 Å². The number of thiazole rings is 1. The molecular formula is C16H24F3IN6S. The van der Waals surface area contributed by atoms with Crippen molar-refractivity contribution in [3.05, 3.63) is 33.5 Å². The molecule has 0 spiro atoms. The molecule has 0 bridgehead atoms. The van der Waals surface area contributed by atoms with Crippen molar-refractivity contribution >= 4 is 41.3 Å². The Hall–Kier alpha value is -1.37. The van der Waals surface area contributed by atoms with E-state index in [2.05, 4.69) is 32.6 Å². The molecule has 0 aliphatic heterocycles. The maximum Gasteiger partial charge on any atom is 0.435 e. The van der Waals surface area contributed by atoms with Gasteiger partial charge in [0, 0.05) is 49.4 Å². The van der Waals surface area contributed by atoms with Gasteiger partial charge in [-0.15, -0.1) is 35.3 Å². The Bertz CT molecular complexity index is 741. The highest BCUT2D eigenvalue weighted by atomic mass is 127. The lowest BCUT2D eigenvalue weighted by Crippen LogP contribution is -2.38. The van der Waals surface area contributed by atoms with Crippen LogP contribution in [0.1, 0.15) is 35.0 Å². The van der Waals surface area contributed by atoms with Crippen LogP contribution in [0.2, 0.25) is 0 Å². The second-order valence-electron chi connectivity index (χ2n) is 5.62. The predicted molar refractivity (Wildman–Crippen MR) is 112 cm³/mol.